The highest BCUT2D eigenvalue weighted by Gasteiger charge is 2.21. The lowest BCUT2D eigenvalue weighted by molar-refractivity contribution is -0.122. The Balaban J connectivity index is 1.54. The first-order chi connectivity index (χ1) is 15.4. The summed E-state index contributed by atoms with van der Waals surface area (Å²) in [5.74, 6) is 1.54. The van der Waals surface area contributed by atoms with Crippen molar-refractivity contribution in [2.24, 2.45) is 13.0 Å². The number of nitrogens with one attached hydrogen (secondary N) is 1. The molecular weight excluding hydrogens is 404 g/mol. The Labute approximate surface area is 188 Å². The fourth-order valence-electron chi connectivity index (χ4n) is 4.55. The second kappa shape index (κ2) is 9.18. The summed E-state index contributed by atoms with van der Waals surface area (Å²) in [6.45, 7) is 4.19. The quantitative estimate of drug-likeness (QED) is 0.640. The maximum Gasteiger partial charge on any atom is 0.277 e. The molecule has 1 fully saturated rings. The minimum atomic E-state index is -0.158. The van der Waals surface area contributed by atoms with E-state index in [0.717, 1.165) is 59.9 Å². The molecule has 7 nitrogen and oxygen atoms in total. The summed E-state index contributed by atoms with van der Waals surface area (Å²) in [4.78, 5) is 25.7. The number of hydrogen-bond acceptors (Lipinski definition) is 4. The van der Waals surface area contributed by atoms with Gasteiger partial charge in [0.1, 0.15) is 11.4 Å². The number of hydrogen-bond donors (Lipinski definition) is 1. The first-order valence-electron chi connectivity index (χ1n) is 11.4. The first-order valence-corrected chi connectivity index (χ1v) is 11.4. The van der Waals surface area contributed by atoms with Crippen LogP contribution in [-0.4, -0.2) is 33.2 Å². The number of carbonyl (C=O) groups is 1. The van der Waals surface area contributed by atoms with Crippen molar-refractivity contribution in [1.29, 1.82) is 0 Å². The van der Waals surface area contributed by atoms with Crippen LogP contribution < -0.4 is 15.6 Å². The molecule has 0 unspecified atom stereocenters. The van der Waals surface area contributed by atoms with Crippen molar-refractivity contribution in [1.82, 2.24) is 19.5 Å². The van der Waals surface area contributed by atoms with Crippen molar-refractivity contribution in [3.05, 3.63) is 51.9 Å². The molecule has 0 aliphatic heterocycles. The van der Waals surface area contributed by atoms with E-state index in [2.05, 4.69) is 17.3 Å². The predicted octanol–water partition coefficient (Wildman–Crippen LogP) is 3.64. The summed E-state index contributed by atoms with van der Waals surface area (Å²) in [6.07, 6.45) is 5.12. The van der Waals surface area contributed by atoms with Gasteiger partial charge in [0.25, 0.3) is 5.56 Å². The molecule has 1 aromatic carbocycles. The lowest BCUT2D eigenvalue weighted by Crippen LogP contribution is -2.37. The van der Waals surface area contributed by atoms with Gasteiger partial charge in [-0.05, 0) is 69.2 Å². The van der Waals surface area contributed by atoms with Crippen LogP contribution in [0.4, 0.5) is 0 Å². The van der Waals surface area contributed by atoms with Crippen molar-refractivity contribution >= 4 is 11.6 Å². The summed E-state index contributed by atoms with van der Waals surface area (Å²) in [7, 11) is 3.56. The highest BCUT2D eigenvalue weighted by atomic mass is 16.5. The van der Waals surface area contributed by atoms with E-state index in [-0.39, 0.29) is 17.5 Å². The topological polar surface area (TPSA) is 77.6 Å². The largest absolute Gasteiger partial charge is 0.497 e. The van der Waals surface area contributed by atoms with E-state index in [4.69, 9.17) is 4.74 Å². The zero-order chi connectivity index (χ0) is 22.8. The van der Waals surface area contributed by atoms with Crippen molar-refractivity contribution in [2.45, 2.75) is 58.4 Å². The zero-order valence-electron chi connectivity index (χ0n) is 19.4. The van der Waals surface area contributed by atoms with Crippen LogP contribution in [-0.2, 0) is 18.3 Å². The molecule has 2 heterocycles. The average Bonchev–Trinajstić information content (AvgIpc) is 3.25. The summed E-state index contributed by atoms with van der Waals surface area (Å²) in [5, 5.41) is 7.73. The molecule has 0 saturated heterocycles. The summed E-state index contributed by atoms with van der Waals surface area (Å²) in [5.41, 5.74) is 3.70. The molecule has 0 bridgehead atoms. The Morgan fingerprint density at radius 2 is 1.88 bits per heavy atom. The molecule has 1 amide bonds. The Morgan fingerprint density at radius 1 is 1.19 bits per heavy atom. The third-order valence-electron chi connectivity index (χ3n) is 6.79. The zero-order valence-corrected chi connectivity index (χ0v) is 19.4. The average molecular weight is 437 g/mol. The van der Waals surface area contributed by atoms with Crippen molar-refractivity contribution < 1.29 is 9.53 Å². The molecule has 0 radical (unpaired) electrons. The molecule has 7 heteroatoms. The first kappa shape index (κ1) is 22.1. The highest BCUT2D eigenvalue weighted by molar-refractivity contribution is 5.76. The van der Waals surface area contributed by atoms with Gasteiger partial charge in [-0.3, -0.25) is 9.59 Å². The number of ether oxygens (including phenoxy) is 1. The van der Waals surface area contributed by atoms with Crippen molar-refractivity contribution in [3.63, 3.8) is 0 Å². The SMILES string of the molecule is COc1ccc(-c2cc3n(C)c(C)c(CCC(=O)NC4CCC(C)CC4)c(=O)n3n2)cc1. The van der Waals surface area contributed by atoms with E-state index < -0.39 is 0 Å². The Kier molecular flexibility index (Phi) is 6.35. The summed E-state index contributed by atoms with van der Waals surface area (Å²) >= 11 is 0. The molecule has 1 aliphatic carbocycles. The van der Waals surface area contributed by atoms with E-state index in [1.54, 1.807) is 7.11 Å². The molecule has 3 aromatic rings. The number of fused-ring (bicyclic) bond motifs is 1. The maximum absolute atomic E-state index is 13.2. The van der Waals surface area contributed by atoms with Gasteiger partial charge in [0.15, 0.2) is 0 Å². The van der Waals surface area contributed by atoms with Crippen molar-refractivity contribution in [2.75, 3.05) is 7.11 Å². The van der Waals surface area contributed by atoms with Crippen LogP contribution in [0.5, 0.6) is 5.75 Å². The minimum absolute atomic E-state index is 0.0190. The fraction of sp³-hybridized carbons (Fsp3) is 0.480. The number of amides is 1. The Hall–Kier alpha value is -3.09. The van der Waals surface area contributed by atoms with Gasteiger partial charge < -0.3 is 14.6 Å². The van der Waals surface area contributed by atoms with Gasteiger partial charge in [0.2, 0.25) is 5.91 Å². The monoisotopic (exact) mass is 436 g/mol. The van der Waals surface area contributed by atoms with E-state index in [1.165, 1.54) is 4.52 Å². The summed E-state index contributed by atoms with van der Waals surface area (Å²) in [6, 6.07) is 9.78. The third-order valence-corrected chi connectivity index (χ3v) is 6.79. The van der Waals surface area contributed by atoms with Crippen LogP contribution in [0.15, 0.2) is 35.1 Å². The van der Waals surface area contributed by atoms with E-state index in [0.29, 0.717) is 18.4 Å². The number of nitrogens with zero attached hydrogens (tertiary/aromatic N) is 3. The molecule has 1 saturated carbocycles. The van der Waals surface area contributed by atoms with Gasteiger partial charge in [-0.15, -0.1) is 0 Å². The maximum atomic E-state index is 13.2. The number of carbonyl (C=O) groups excluding carboxylic acids is 1. The molecule has 0 atom stereocenters. The van der Waals surface area contributed by atoms with Crippen molar-refractivity contribution in [3.8, 4) is 17.0 Å². The smallest absolute Gasteiger partial charge is 0.277 e. The molecule has 4 rings (SSSR count). The van der Waals surface area contributed by atoms with Gasteiger partial charge in [-0.25, -0.2) is 0 Å². The molecule has 170 valence electrons. The van der Waals surface area contributed by atoms with Gasteiger partial charge in [0.05, 0.1) is 12.8 Å². The van der Waals surface area contributed by atoms with Crippen LogP contribution in [0.25, 0.3) is 16.9 Å². The second-order valence-electron chi connectivity index (χ2n) is 8.98. The number of methoxy groups -OCH3 is 1. The molecule has 0 spiro atoms. The number of rotatable bonds is 6. The van der Waals surface area contributed by atoms with Crippen LogP contribution in [0.2, 0.25) is 0 Å². The van der Waals surface area contributed by atoms with Crippen LogP contribution >= 0.6 is 0 Å². The number of aryl methyl sites for hydroxylation is 1. The number of aromatic nitrogens is 3. The Morgan fingerprint density at radius 3 is 2.53 bits per heavy atom. The summed E-state index contributed by atoms with van der Waals surface area (Å²) < 4.78 is 8.64. The van der Waals surface area contributed by atoms with E-state index in [1.807, 2.05) is 48.9 Å². The van der Waals surface area contributed by atoms with E-state index >= 15 is 0 Å². The van der Waals surface area contributed by atoms with Crippen LogP contribution in [0, 0.1) is 12.8 Å². The molecule has 1 N–H and O–H groups in total. The second-order valence-corrected chi connectivity index (χ2v) is 8.98. The van der Waals surface area contributed by atoms with Gasteiger partial charge in [-0.1, -0.05) is 6.92 Å². The molecule has 32 heavy (non-hydrogen) atoms. The van der Waals surface area contributed by atoms with Crippen LogP contribution in [0.3, 0.4) is 0 Å². The third kappa shape index (κ3) is 4.42. The molecule has 2 aromatic heterocycles. The lowest BCUT2D eigenvalue weighted by atomic mass is 9.87. The minimum Gasteiger partial charge on any atom is -0.497 e. The van der Waals surface area contributed by atoms with Crippen LogP contribution in [0.1, 0.15) is 50.3 Å². The normalized spacial score (nSPS) is 18.6. The lowest BCUT2D eigenvalue weighted by Gasteiger charge is -2.26. The Bertz CT molecular complexity index is 1170. The van der Waals surface area contributed by atoms with E-state index in [9.17, 15) is 9.59 Å². The predicted molar refractivity (Wildman–Crippen MR) is 125 cm³/mol. The fourth-order valence-corrected chi connectivity index (χ4v) is 4.55. The van der Waals surface area contributed by atoms with Gasteiger partial charge >= 0.3 is 0 Å². The standard InChI is InChI=1S/C25H32N4O3/c1-16-5-9-19(10-6-16)26-23(30)14-13-21-17(2)28(3)24-15-22(27-29(24)25(21)31)18-7-11-20(32-4)12-8-18/h7-8,11-12,15-16,19H,5-6,9-10,13-14H2,1-4H3,(H,26,30). The molecular formula is C25H32N4O3. The molecule has 1 aliphatic rings. The number of benzene rings is 1. The van der Waals surface area contributed by atoms with Gasteiger partial charge in [-0.2, -0.15) is 9.61 Å². The highest BCUT2D eigenvalue weighted by Crippen LogP contribution is 2.24. The van der Waals surface area contributed by atoms with Gasteiger partial charge in [0, 0.05) is 42.4 Å².